The van der Waals surface area contributed by atoms with Crippen molar-refractivity contribution in [2.75, 3.05) is 0 Å². The van der Waals surface area contributed by atoms with Crippen molar-refractivity contribution < 1.29 is 0 Å². The van der Waals surface area contributed by atoms with Gasteiger partial charge < -0.3 is 0 Å². The second-order valence-electron chi connectivity index (χ2n) is 4.76. The molecule has 89 valence electrons. The molecular formula is C18H17. The number of aryl methyl sites for hydroxylation is 1. The summed E-state index contributed by atoms with van der Waals surface area (Å²) < 4.78 is 0. The molecule has 0 heterocycles. The van der Waals surface area contributed by atoms with E-state index in [4.69, 9.17) is 0 Å². The van der Waals surface area contributed by atoms with Crippen LogP contribution in [0, 0.1) is 6.92 Å². The number of hydrogen-bond acceptors (Lipinski definition) is 0. The Labute approximate surface area is 108 Å². The molecule has 0 fully saturated rings. The van der Waals surface area contributed by atoms with E-state index in [-0.39, 0.29) is 0 Å². The molecule has 3 rings (SSSR count). The van der Waals surface area contributed by atoms with Crippen molar-refractivity contribution in [1.82, 2.24) is 0 Å². The highest BCUT2D eigenvalue weighted by molar-refractivity contribution is 6.08. The topological polar surface area (TPSA) is 0 Å². The highest BCUT2D eigenvalue weighted by atomic mass is 14.1. The molecule has 0 saturated heterocycles. The maximum atomic E-state index is 3.93. The highest BCUT2D eigenvalue weighted by Crippen LogP contribution is 2.28. The highest BCUT2D eigenvalue weighted by Gasteiger charge is 2.03. The maximum Gasteiger partial charge on any atom is -0.0103 e. The van der Waals surface area contributed by atoms with Gasteiger partial charge in [0.25, 0.3) is 0 Å². The second-order valence-corrected chi connectivity index (χ2v) is 4.76. The molecule has 0 saturated carbocycles. The van der Waals surface area contributed by atoms with E-state index in [1.807, 2.05) is 0 Å². The Hall–Kier alpha value is -1.82. The van der Waals surface area contributed by atoms with Gasteiger partial charge >= 0.3 is 0 Å². The molecule has 0 aliphatic rings. The van der Waals surface area contributed by atoms with Gasteiger partial charge in [0, 0.05) is 0 Å². The van der Waals surface area contributed by atoms with Gasteiger partial charge in [0.2, 0.25) is 0 Å². The van der Waals surface area contributed by atoms with Crippen LogP contribution in [0.2, 0.25) is 0 Å². The van der Waals surface area contributed by atoms with Crippen LogP contribution in [0.1, 0.15) is 18.4 Å². The van der Waals surface area contributed by atoms with Gasteiger partial charge in [-0.2, -0.15) is 0 Å². The van der Waals surface area contributed by atoms with E-state index in [0.29, 0.717) is 0 Å². The van der Waals surface area contributed by atoms with Crippen molar-refractivity contribution in [1.29, 1.82) is 0 Å². The summed E-state index contributed by atoms with van der Waals surface area (Å²) in [5.41, 5.74) is 1.45. The van der Waals surface area contributed by atoms with Gasteiger partial charge in [0.05, 0.1) is 0 Å². The molecule has 0 heteroatoms. The normalized spacial score (nSPS) is 11.2. The Balaban J connectivity index is 2.26. The molecule has 0 amide bonds. The molecule has 0 aliphatic heterocycles. The zero-order valence-corrected chi connectivity index (χ0v) is 10.5. The quantitative estimate of drug-likeness (QED) is 0.549. The maximum absolute atomic E-state index is 3.93. The zero-order valence-electron chi connectivity index (χ0n) is 10.5. The molecule has 0 bridgehead atoms. The molecule has 0 aromatic heterocycles. The van der Waals surface area contributed by atoms with Crippen molar-refractivity contribution >= 4 is 21.5 Å². The van der Waals surface area contributed by atoms with Crippen LogP contribution in [0.15, 0.2) is 54.6 Å². The third kappa shape index (κ3) is 1.88. The summed E-state index contributed by atoms with van der Waals surface area (Å²) in [7, 11) is 0. The lowest BCUT2D eigenvalue weighted by Gasteiger charge is -2.08. The second kappa shape index (κ2) is 4.81. The SMILES string of the molecule is [CH2]CCCc1cccc2c1ccc1ccccc12. The minimum atomic E-state index is 1.00. The predicted octanol–water partition coefficient (Wildman–Crippen LogP) is 5.15. The Morgan fingerprint density at radius 1 is 0.722 bits per heavy atom. The first-order valence-corrected chi connectivity index (χ1v) is 6.59. The van der Waals surface area contributed by atoms with Gasteiger partial charge in [-0.25, -0.2) is 0 Å². The lowest BCUT2D eigenvalue weighted by molar-refractivity contribution is 0.846. The summed E-state index contributed by atoms with van der Waals surface area (Å²) in [5, 5.41) is 5.44. The first kappa shape index (κ1) is 11.3. The standard InChI is InChI=1S/C18H17/c1-2-3-7-14-9-6-11-18-16-10-5-4-8-15(16)12-13-17(14)18/h4-6,8-13H,1-3,7H2. The van der Waals surface area contributed by atoms with Crippen LogP contribution < -0.4 is 0 Å². The summed E-state index contributed by atoms with van der Waals surface area (Å²) in [5.74, 6) is 0. The van der Waals surface area contributed by atoms with E-state index in [1.165, 1.54) is 27.1 Å². The van der Waals surface area contributed by atoms with E-state index in [0.717, 1.165) is 19.3 Å². The molecule has 0 nitrogen and oxygen atoms in total. The van der Waals surface area contributed by atoms with Gasteiger partial charge in [0.15, 0.2) is 0 Å². The van der Waals surface area contributed by atoms with Crippen LogP contribution in [-0.2, 0) is 6.42 Å². The van der Waals surface area contributed by atoms with Crippen LogP contribution in [0.3, 0.4) is 0 Å². The third-order valence-corrected chi connectivity index (χ3v) is 3.57. The zero-order chi connectivity index (χ0) is 12.4. The van der Waals surface area contributed by atoms with Crippen molar-refractivity contribution in [2.24, 2.45) is 0 Å². The Kier molecular flexibility index (Phi) is 3.02. The molecular weight excluding hydrogens is 216 g/mol. The molecule has 1 radical (unpaired) electrons. The number of rotatable bonds is 3. The van der Waals surface area contributed by atoms with Gasteiger partial charge in [-0.05, 0) is 39.9 Å². The fraction of sp³-hybridized carbons (Fsp3) is 0.167. The first-order chi connectivity index (χ1) is 8.90. The average molecular weight is 233 g/mol. The number of unbranched alkanes of at least 4 members (excludes halogenated alkanes) is 1. The van der Waals surface area contributed by atoms with Crippen LogP contribution in [-0.4, -0.2) is 0 Å². The molecule has 18 heavy (non-hydrogen) atoms. The summed E-state index contributed by atoms with van der Waals surface area (Å²) in [4.78, 5) is 0. The van der Waals surface area contributed by atoms with Crippen LogP contribution in [0.25, 0.3) is 21.5 Å². The third-order valence-electron chi connectivity index (χ3n) is 3.57. The summed E-state index contributed by atoms with van der Waals surface area (Å²) in [6.07, 6.45) is 3.29. The number of fused-ring (bicyclic) bond motifs is 3. The molecule has 0 atom stereocenters. The van der Waals surface area contributed by atoms with Gasteiger partial charge in [0.1, 0.15) is 0 Å². The van der Waals surface area contributed by atoms with E-state index >= 15 is 0 Å². The first-order valence-electron chi connectivity index (χ1n) is 6.59. The Morgan fingerprint density at radius 2 is 1.56 bits per heavy atom. The minimum Gasteiger partial charge on any atom is -0.0616 e. The fourth-order valence-electron chi connectivity index (χ4n) is 2.64. The minimum absolute atomic E-state index is 1.00. The van der Waals surface area contributed by atoms with Crippen molar-refractivity contribution in [3.63, 3.8) is 0 Å². The van der Waals surface area contributed by atoms with Crippen LogP contribution in [0.4, 0.5) is 0 Å². The monoisotopic (exact) mass is 233 g/mol. The van der Waals surface area contributed by atoms with Crippen LogP contribution >= 0.6 is 0 Å². The molecule has 0 N–H and O–H groups in total. The number of benzene rings is 3. The fourth-order valence-corrected chi connectivity index (χ4v) is 2.64. The van der Waals surface area contributed by atoms with E-state index in [1.54, 1.807) is 0 Å². The van der Waals surface area contributed by atoms with Crippen LogP contribution in [0.5, 0.6) is 0 Å². The molecule has 0 aliphatic carbocycles. The lowest BCUT2D eigenvalue weighted by Crippen LogP contribution is -1.87. The lowest BCUT2D eigenvalue weighted by atomic mass is 9.96. The molecule has 3 aromatic carbocycles. The summed E-state index contributed by atoms with van der Waals surface area (Å²) >= 11 is 0. The largest absolute Gasteiger partial charge is 0.0616 e. The molecule has 3 aromatic rings. The number of hydrogen-bond donors (Lipinski definition) is 0. The van der Waals surface area contributed by atoms with Gasteiger partial charge in [-0.1, -0.05) is 67.9 Å². The van der Waals surface area contributed by atoms with E-state index < -0.39 is 0 Å². The summed E-state index contributed by atoms with van der Waals surface area (Å²) in [6, 6.07) is 19.7. The summed E-state index contributed by atoms with van der Waals surface area (Å²) in [6.45, 7) is 3.93. The van der Waals surface area contributed by atoms with Gasteiger partial charge in [-0.15, -0.1) is 0 Å². The smallest absolute Gasteiger partial charge is 0.0103 e. The Bertz CT molecular complexity index is 680. The van der Waals surface area contributed by atoms with Crippen molar-refractivity contribution in [2.45, 2.75) is 19.3 Å². The van der Waals surface area contributed by atoms with E-state index in [2.05, 4.69) is 61.5 Å². The van der Waals surface area contributed by atoms with Crippen molar-refractivity contribution in [3.8, 4) is 0 Å². The molecule has 0 unspecified atom stereocenters. The predicted molar refractivity (Wildman–Crippen MR) is 79.7 cm³/mol. The Morgan fingerprint density at radius 3 is 2.44 bits per heavy atom. The average Bonchev–Trinajstić information content (AvgIpc) is 2.44. The molecule has 0 spiro atoms. The van der Waals surface area contributed by atoms with E-state index in [9.17, 15) is 0 Å². The van der Waals surface area contributed by atoms with Crippen molar-refractivity contribution in [3.05, 3.63) is 67.1 Å². The van der Waals surface area contributed by atoms with Gasteiger partial charge in [-0.3, -0.25) is 0 Å².